The number of nitrogens with one attached hydrogen (secondary N) is 1. The summed E-state index contributed by atoms with van der Waals surface area (Å²) in [6.07, 6.45) is 1.66. The number of hydrogen-bond acceptors (Lipinski definition) is 4. The quantitative estimate of drug-likeness (QED) is 0.667. The Hall–Kier alpha value is -1.30. The van der Waals surface area contributed by atoms with E-state index in [1.807, 2.05) is 12.1 Å². The van der Waals surface area contributed by atoms with Gasteiger partial charge in [-0.15, -0.1) is 0 Å². The Morgan fingerprint density at radius 2 is 2.17 bits per heavy atom. The lowest BCUT2D eigenvalue weighted by atomic mass is 10.3. The van der Waals surface area contributed by atoms with E-state index < -0.39 is 0 Å². The van der Waals surface area contributed by atoms with Gasteiger partial charge >= 0.3 is 0 Å². The third-order valence-corrected chi connectivity index (χ3v) is 3.04. The fraction of sp³-hybridized carbons (Fsp3) is 0.0833. The number of hydrogen-bond donors (Lipinski definition) is 2. The second-order valence-corrected chi connectivity index (χ2v) is 4.87. The zero-order valence-electron chi connectivity index (χ0n) is 9.36. The summed E-state index contributed by atoms with van der Waals surface area (Å²) in [6.45, 7) is 0.330. The molecule has 0 atom stereocenters. The molecule has 0 aliphatic carbocycles. The SMILES string of the molecule is NNc1ccnc(COc2ccc(Br)cc2Cl)c1. The molecule has 2 aromatic rings. The van der Waals surface area contributed by atoms with E-state index in [4.69, 9.17) is 22.2 Å². The Morgan fingerprint density at radius 1 is 1.33 bits per heavy atom. The molecule has 0 saturated heterocycles. The van der Waals surface area contributed by atoms with E-state index in [1.165, 1.54) is 0 Å². The van der Waals surface area contributed by atoms with Crippen molar-refractivity contribution in [1.82, 2.24) is 4.98 Å². The van der Waals surface area contributed by atoms with E-state index in [9.17, 15) is 0 Å². The van der Waals surface area contributed by atoms with Crippen molar-refractivity contribution in [3.8, 4) is 5.75 Å². The molecule has 3 N–H and O–H groups in total. The fourth-order valence-electron chi connectivity index (χ4n) is 1.39. The van der Waals surface area contributed by atoms with Crippen LogP contribution in [-0.4, -0.2) is 4.98 Å². The molecule has 1 aromatic carbocycles. The highest BCUT2D eigenvalue weighted by Crippen LogP contribution is 2.28. The third kappa shape index (κ3) is 3.35. The molecule has 0 spiro atoms. The summed E-state index contributed by atoms with van der Waals surface area (Å²) in [4.78, 5) is 4.18. The Bertz CT molecular complexity index is 551. The molecule has 0 aliphatic heterocycles. The van der Waals surface area contributed by atoms with Crippen molar-refractivity contribution in [2.75, 3.05) is 5.43 Å². The predicted octanol–water partition coefficient (Wildman–Crippen LogP) is 3.36. The summed E-state index contributed by atoms with van der Waals surface area (Å²) in [5.74, 6) is 5.94. The van der Waals surface area contributed by atoms with Gasteiger partial charge in [-0.25, -0.2) is 0 Å². The average Bonchev–Trinajstić information content (AvgIpc) is 2.38. The topological polar surface area (TPSA) is 60.2 Å². The van der Waals surface area contributed by atoms with Crippen molar-refractivity contribution in [2.45, 2.75) is 6.61 Å². The Morgan fingerprint density at radius 3 is 2.89 bits per heavy atom. The number of halogens is 2. The lowest BCUT2D eigenvalue weighted by molar-refractivity contribution is 0.301. The van der Waals surface area contributed by atoms with Gasteiger partial charge in [-0.3, -0.25) is 10.8 Å². The first-order chi connectivity index (χ1) is 8.69. The molecule has 4 nitrogen and oxygen atoms in total. The maximum atomic E-state index is 6.05. The number of nitrogens with two attached hydrogens (primary N) is 1. The molecule has 18 heavy (non-hydrogen) atoms. The highest BCUT2D eigenvalue weighted by atomic mass is 79.9. The first-order valence-corrected chi connectivity index (χ1v) is 6.35. The fourth-order valence-corrected chi connectivity index (χ4v) is 2.12. The van der Waals surface area contributed by atoms with Crippen LogP contribution in [-0.2, 0) is 6.61 Å². The van der Waals surface area contributed by atoms with Crippen molar-refractivity contribution in [2.24, 2.45) is 5.84 Å². The molecule has 0 unspecified atom stereocenters. The van der Waals surface area contributed by atoms with Gasteiger partial charge in [0.05, 0.1) is 16.4 Å². The van der Waals surface area contributed by atoms with Gasteiger partial charge in [0.1, 0.15) is 12.4 Å². The number of nitrogen functional groups attached to an aromatic ring is 1. The minimum atomic E-state index is 0.330. The maximum absolute atomic E-state index is 6.05. The second-order valence-electron chi connectivity index (χ2n) is 3.54. The maximum Gasteiger partial charge on any atom is 0.138 e. The van der Waals surface area contributed by atoms with Gasteiger partial charge in [0.25, 0.3) is 0 Å². The largest absolute Gasteiger partial charge is 0.486 e. The minimum absolute atomic E-state index is 0.330. The Balaban J connectivity index is 2.06. The number of pyridine rings is 1. The van der Waals surface area contributed by atoms with Crippen LogP contribution in [0.4, 0.5) is 5.69 Å². The molecule has 94 valence electrons. The zero-order chi connectivity index (χ0) is 13.0. The molecule has 1 heterocycles. The van der Waals surface area contributed by atoms with Crippen LogP contribution < -0.4 is 16.0 Å². The van der Waals surface area contributed by atoms with Crippen LogP contribution >= 0.6 is 27.5 Å². The van der Waals surface area contributed by atoms with Crippen molar-refractivity contribution in [3.63, 3.8) is 0 Å². The second kappa shape index (κ2) is 6.04. The van der Waals surface area contributed by atoms with Gasteiger partial charge in [0.15, 0.2) is 0 Å². The van der Waals surface area contributed by atoms with E-state index in [1.54, 1.807) is 24.4 Å². The van der Waals surface area contributed by atoms with Gasteiger partial charge < -0.3 is 10.2 Å². The van der Waals surface area contributed by atoms with E-state index in [-0.39, 0.29) is 0 Å². The highest BCUT2D eigenvalue weighted by Gasteiger charge is 2.03. The van der Waals surface area contributed by atoms with Crippen LogP contribution in [0.1, 0.15) is 5.69 Å². The molecule has 0 radical (unpaired) electrons. The first-order valence-electron chi connectivity index (χ1n) is 5.18. The number of ether oxygens (including phenoxy) is 1. The number of anilines is 1. The summed E-state index contributed by atoms with van der Waals surface area (Å²) in [6, 6.07) is 9.04. The van der Waals surface area contributed by atoms with Crippen molar-refractivity contribution < 1.29 is 4.74 Å². The minimum Gasteiger partial charge on any atom is -0.486 e. The van der Waals surface area contributed by atoms with E-state index in [0.29, 0.717) is 17.4 Å². The van der Waals surface area contributed by atoms with Gasteiger partial charge in [0.2, 0.25) is 0 Å². The monoisotopic (exact) mass is 327 g/mol. The van der Waals surface area contributed by atoms with Gasteiger partial charge in [0, 0.05) is 10.7 Å². The zero-order valence-corrected chi connectivity index (χ0v) is 11.7. The smallest absolute Gasteiger partial charge is 0.138 e. The average molecular weight is 329 g/mol. The Labute approximate surface area is 118 Å². The first kappa shape index (κ1) is 13.1. The number of rotatable bonds is 4. The number of aromatic nitrogens is 1. The van der Waals surface area contributed by atoms with Crippen LogP contribution in [0.25, 0.3) is 0 Å². The Kier molecular flexibility index (Phi) is 4.41. The predicted molar refractivity (Wildman–Crippen MR) is 75.5 cm³/mol. The lowest BCUT2D eigenvalue weighted by Gasteiger charge is -2.08. The molecule has 2 rings (SSSR count). The molecular weight excluding hydrogens is 318 g/mol. The van der Waals surface area contributed by atoms with Gasteiger partial charge in [-0.2, -0.15) is 0 Å². The van der Waals surface area contributed by atoms with Crippen LogP contribution in [0.15, 0.2) is 41.0 Å². The molecule has 0 bridgehead atoms. The molecular formula is C12H11BrClN3O. The van der Waals surface area contributed by atoms with Crippen LogP contribution in [0.5, 0.6) is 5.75 Å². The highest BCUT2D eigenvalue weighted by molar-refractivity contribution is 9.10. The standard InChI is InChI=1S/C12H11BrClN3O/c13-8-1-2-12(11(14)5-8)18-7-10-6-9(17-15)3-4-16-10/h1-6H,7,15H2,(H,16,17). The number of nitrogens with zero attached hydrogens (tertiary/aromatic N) is 1. The molecule has 6 heteroatoms. The molecule has 0 aliphatic rings. The molecule has 1 aromatic heterocycles. The van der Waals surface area contributed by atoms with Gasteiger partial charge in [-0.1, -0.05) is 27.5 Å². The number of benzene rings is 1. The van der Waals surface area contributed by atoms with Gasteiger partial charge in [-0.05, 0) is 30.3 Å². The third-order valence-electron chi connectivity index (χ3n) is 2.25. The summed E-state index contributed by atoms with van der Waals surface area (Å²) in [5.41, 5.74) is 4.11. The summed E-state index contributed by atoms with van der Waals surface area (Å²) in [7, 11) is 0. The van der Waals surface area contributed by atoms with Crippen molar-refractivity contribution in [1.29, 1.82) is 0 Å². The molecule has 0 amide bonds. The van der Waals surface area contributed by atoms with Crippen molar-refractivity contribution >= 4 is 33.2 Å². The molecule has 0 saturated carbocycles. The number of hydrazine groups is 1. The summed E-state index contributed by atoms with van der Waals surface area (Å²) in [5, 5.41) is 0.553. The van der Waals surface area contributed by atoms with E-state index in [2.05, 4.69) is 26.3 Å². The van der Waals surface area contributed by atoms with E-state index >= 15 is 0 Å². The van der Waals surface area contributed by atoms with Crippen molar-refractivity contribution in [3.05, 3.63) is 51.7 Å². The lowest BCUT2D eigenvalue weighted by Crippen LogP contribution is -2.08. The van der Waals surface area contributed by atoms with Crippen LogP contribution in [0, 0.1) is 0 Å². The molecule has 0 fully saturated rings. The summed E-state index contributed by atoms with van der Waals surface area (Å²) < 4.78 is 6.50. The summed E-state index contributed by atoms with van der Waals surface area (Å²) >= 11 is 9.38. The normalized spacial score (nSPS) is 10.2. The van der Waals surface area contributed by atoms with E-state index in [0.717, 1.165) is 15.9 Å². The van der Waals surface area contributed by atoms with Crippen LogP contribution in [0.3, 0.4) is 0 Å². The van der Waals surface area contributed by atoms with Crippen LogP contribution in [0.2, 0.25) is 5.02 Å².